The minimum Gasteiger partial charge on any atom is -0.385 e. The number of hydrogen-bond acceptors (Lipinski definition) is 3. The van der Waals surface area contributed by atoms with Crippen LogP contribution >= 0.6 is 35.6 Å². The quantitative estimate of drug-likeness (QED) is 0.290. The molecule has 1 aliphatic carbocycles. The maximum atomic E-state index is 6.05. The van der Waals surface area contributed by atoms with E-state index >= 15 is 0 Å². The lowest BCUT2D eigenvalue weighted by Gasteiger charge is -2.42. The highest BCUT2D eigenvalue weighted by Gasteiger charge is 2.36. The molecule has 29 heavy (non-hydrogen) atoms. The molecule has 6 nitrogen and oxygen atoms in total. The fourth-order valence-electron chi connectivity index (χ4n) is 3.71. The molecule has 0 bridgehead atoms. The summed E-state index contributed by atoms with van der Waals surface area (Å²) in [6.07, 6.45) is 8.67. The van der Waals surface area contributed by atoms with E-state index in [2.05, 4.69) is 20.7 Å². The van der Waals surface area contributed by atoms with Crippen molar-refractivity contribution in [1.29, 1.82) is 0 Å². The zero-order valence-electron chi connectivity index (χ0n) is 17.1. The van der Waals surface area contributed by atoms with Gasteiger partial charge >= 0.3 is 0 Å². The summed E-state index contributed by atoms with van der Waals surface area (Å²) in [5, 5.41) is 12.1. The number of aromatic nitrogens is 2. The van der Waals surface area contributed by atoms with Crippen molar-refractivity contribution in [2.24, 2.45) is 10.4 Å². The average Bonchev–Trinajstić information content (AvgIpc) is 3.21. The molecule has 1 atom stereocenters. The van der Waals surface area contributed by atoms with Gasteiger partial charge in [0.05, 0.1) is 6.04 Å². The number of hydrogen-bond donors (Lipinski definition) is 2. The van der Waals surface area contributed by atoms with Gasteiger partial charge in [0.1, 0.15) is 0 Å². The van der Waals surface area contributed by atoms with Crippen molar-refractivity contribution >= 4 is 41.5 Å². The second kappa shape index (κ2) is 11.8. The molecular formula is C21H31ClIN5O. The Morgan fingerprint density at radius 2 is 2.07 bits per heavy atom. The van der Waals surface area contributed by atoms with Crippen molar-refractivity contribution in [2.75, 3.05) is 33.9 Å². The molecular weight excluding hydrogens is 501 g/mol. The number of methoxy groups -OCH3 is 1. The van der Waals surface area contributed by atoms with Crippen LogP contribution in [-0.2, 0) is 4.74 Å². The van der Waals surface area contributed by atoms with Crippen LogP contribution in [0.3, 0.4) is 0 Å². The number of ether oxygens (including phenoxy) is 1. The lowest BCUT2D eigenvalue weighted by molar-refractivity contribution is 0.0732. The van der Waals surface area contributed by atoms with Gasteiger partial charge in [-0.2, -0.15) is 5.10 Å². The first-order valence-corrected chi connectivity index (χ1v) is 10.2. The van der Waals surface area contributed by atoms with E-state index in [4.69, 9.17) is 16.3 Å². The molecule has 1 saturated carbocycles. The monoisotopic (exact) mass is 531 g/mol. The Labute approximate surface area is 195 Å². The van der Waals surface area contributed by atoms with Crippen LogP contribution in [0.4, 0.5) is 0 Å². The summed E-state index contributed by atoms with van der Waals surface area (Å²) in [7, 11) is 3.58. The Hall–Kier alpha value is -1.32. The standard InChI is InChI=1S/C21H30ClN5O.HI/c1-23-20(25-16-21(9-3-10-21)11-14-28-2)24-15-19(27-13-4-12-26-27)17-5-7-18(22)8-6-17;/h4-8,12-13,19H,3,9-11,14-16H2,1-2H3,(H2,23,24,25);1H. The molecule has 2 aromatic rings. The van der Waals surface area contributed by atoms with Crippen molar-refractivity contribution < 1.29 is 4.74 Å². The molecule has 0 spiro atoms. The van der Waals surface area contributed by atoms with Gasteiger partial charge in [-0.25, -0.2) is 0 Å². The van der Waals surface area contributed by atoms with E-state index in [0.717, 1.165) is 36.1 Å². The van der Waals surface area contributed by atoms with Crippen LogP contribution in [0.1, 0.15) is 37.3 Å². The summed E-state index contributed by atoms with van der Waals surface area (Å²) in [5.74, 6) is 0.815. The molecule has 2 N–H and O–H groups in total. The summed E-state index contributed by atoms with van der Waals surface area (Å²) in [6.45, 7) is 2.41. The maximum absolute atomic E-state index is 6.05. The molecule has 8 heteroatoms. The van der Waals surface area contributed by atoms with E-state index in [1.807, 2.05) is 48.3 Å². The van der Waals surface area contributed by atoms with E-state index in [-0.39, 0.29) is 30.0 Å². The fraction of sp³-hybridized carbons (Fsp3) is 0.524. The predicted molar refractivity (Wildman–Crippen MR) is 129 cm³/mol. The zero-order chi connectivity index (χ0) is 19.8. The minimum atomic E-state index is 0. The van der Waals surface area contributed by atoms with Gasteiger partial charge in [-0.3, -0.25) is 9.67 Å². The van der Waals surface area contributed by atoms with E-state index in [0.29, 0.717) is 12.0 Å². The SMILES string of the molecule is CN=C(NCC(c1ccc(Cl)cc1)n1cccn1)NCC1(CCOC)CCC1.I. The second-order valence-electron chi connectivity index (χ2n) is 7.46. The van der Waals surface area contributed by atoms with Crippen LogP contribution in [0.5, 0.6) is 0 Å². The highest BCUT2D eigenvalue weighted by Crippen LogP contribution is 2.43. The number of rotatable bonds is 9. The number of nitrogens with zero attached hydrogens (tertiary/aromatic N) is 3. The Kier molecular flexibility index (Phi) is 9.71. The first-order valence-electron chi connectivity index (χ1n) is 9.84. The minimum absolute atomic E-state index is 0. The van der Waals surface area contributed by atoms with Crippen molar-refractivity contribution in [2.45, 2.75) is 31.7 Å². The van der Waals surface area contributed by atoms with Crippen molar-refractivity contribution in [3.05, 3.63) is 53.3 Å². The predicted octanol–water partition coefficient (Wildman–Crippen LogP) is 4.12. The van der Waals surface area contributed by atoms with Gasteiger partial charge in [-0.15, -0.1) is 24.0 Å². The van der Waals surface area contributed by atoms with Crippen LogP contribution < -0.4 is 10.6 Å². The van der Waals surface area contributed by atoms with E-state index in [1.54, 1.807) is 13.3 Å². The third-order valence-electron chi connectivity index (χ3n) is 5.67. The molecule has 0 amide bonds. The van der Waals surface area contributed by atoms with Crippen molar-refractivity contribution in [1.82, 2.24) is 20.4 Å². The van der Waals surface area contributed by atoms with E-state index < -0.39 is 0 Å². The van der Waals surface area contributed by atoms with Gasteiger partial charge in [0.25, 0.3) is 0 Å². The lowest BCUT2D eigenvalue weighted by atomic mass is 9.67. The van der Waals surface area contributed by atoms with Crippen molar-refractivity contribution in [3.8, 4) is 0 Å². The van der Waals surface area contributed by atoms with Crippen LogP contribution in [0.15, 0.2) is 47.7 Å². The van der Waals surface area contributed by atoms with Crippen LogP contribution in [-0.4, -0.2) is 49.6 Å². The smallest absolute Gasteiger partial charge is 0.191 e. The van der Waals surface area contributed by atoms with Gasteiger partial charge in [-0.05, 0) is 48.4 Å². The lowest BCUT2D eigenvalue weighted by Crippen LogP contribution is -2.47. The molecule has 0 aliphatic heterocycles. The number of guanidine groups is 1. The average molecular weight is 532 g/mol. The Morgan fingerprint density at radius 1 is 1.31 bits per heavy atom. The van der Waals surface area contributed by atoms with Crippen LogP contribution in [0.25, 0.3) is 0 Å². The van der Waals surface area contributed by atoms with Gasteiger partial charge < -0.3 is 15.4 Å². The Morgan fingerprint density at radius 3 is 2.62 bits per heavy atom. The summed E-state index contributed by atoms with van der Waals surface area (Å²) >= 11 is 6.05. The summed E-state index contributed by atoms with van der Waals surface area (Å²) in [4.78, 5) is 4.40. The first kappa shape index (κ1) is 24.0. The third kappa shape index (κ3) is 6.58. The molecule has 3 rings (SSSR count). The Balaban J connectivity index is 0.00000300. The van der Waals surface area contributed by atoms with Crippen molar-refractivity contribution in [3.63, 3.8) is 0 Å². The summed E-state index contributed by atoms with van der Waals surface area (Å²) in [6, 6.07) is 9.90. The van der Waals surface area contributed by atoms with Gasteiger partial charge in [0.15, 0.2) is 5.96 Å². The number of halogens is 2. The molecule has 0 radical (unpaired) electrons. The zero-order valence-corrected chi connectivity index (χ0v) is 20.2. The van der Waals surface area contributed by atoms with E-state index in [9.17, 15) is 0 Å². The normalized spacial score (nSPS) is 16.4. The highest BCUT2D eigenvalue weighted by molar-refractivity contribution is 14.0. The molecule has 160 valence electrons. The highest BCUT2D eigenvalue weighted by atomic mass is 127. The molecule has 1 heterocycles. The van der Waals surface area contributed by atoms with Gasteiger partial charge in [0.2, 0.25) is 0 Å². The fourth-order valence-corrected chi connectivity index (χ4v) is 3.84. The maximum Gasteiger partial charge on any atom is 0.191 e. The topological polar surface area (TPSA) is 63.5 Å². The number of aliphatic imine (C=N–C) groups is 1. The second-order valence-corrected chi connectivity index (χ2v) is 7.89. The van der Waals surface area contributed by atoms with Gasteiger partial charge in [-0.1, -0.05) is 30.2 Å². The first-order chi connectivity index (χ1) is 13.7. The Bertz CT molecular complexity index is 747. The molecule has 1 unspecified atom stereocenters. The van der Waals surface area contributed by atoms with E-state index in [1.165, 1.54) is 19.3 Å². The molecule has 1 aliphatic rings. The summed E-state index contributed by atoms with van der Waals surface area (Å²) in [5.41, 5.74) is 1.48. The number of nitrogens with one attached hydrogen (secondary N) is 2. The molecule has 1 aromatic carbocycles. The van der Waals surface area contributed by atoms with Gasteiger partial charge in [0, 0.05) is 51.3 Å². The molecule has 1 fully saturated rings. The molecule has 1 aromatic heterocycles. The summed E-state index contributed by atoms with van der Waals surface area (Å²) < 4.78 is 7.25. The number of benzene rings is 1. The van der Waals surface area contributed by atoms with Crippen LogP contribution in [0.2, 0.25) is 5.02 Å². The largest absolute Gasteiger partial charge is 0.385 e. The van der Waals surface area contributed by atoms with Crippen LogP contribution in [0, 0.1) is 5.41 Å². The third-order valence-corrected chi connectivity index (χ3v) is 5.92. The molecule has 0 saturated heterocycles.